The van der Waals surface area contributed by atoms with Crippen LogP contribution in [-0.4, -0.2) is 11.8 Å². The normalized spacial score (nSPS) is 12.8. The molecule has 0 aliphatic heterocycles. The molecule has 0 aliphatic carbocycles. The van der Waals surface area contributed by atoms with Gasteiger partial charge in [0.15, 0.2) is 0 Å². The molecule has 120 valence electrons. The summed E-state index contributed by atoms with van der Waals surface area (Å²) in [7, 11) is 0. The summed E-state index contributed by atoms with van der Waals surface area (Å²) in [6, 6.07) is 18.5. The van der Waals surface area contributed by atoms with Crippen LogP contribution in [-0.2, 0) is 15.1 Å². The van der Waals surface area contributed by atoms with Crippen molar-refractivity contribution in [2.75, 3.05) is 5.43 Å². The lowest BCUT2D eigenvalue weighted by molar-refractivity contribution is -0.133. The van der Waals surface area contributed by atoms with Crippen molar-refractivity contribution in [3.63, 3.8) is 0 Å². The predicted molar refractivity (Wildman–Crippen MR) is 90.4 cm³/mol. The van der Waals surface area contributed by atoms with Gasteiger partial charge in [0.1, 0.15) is 5.54 Å². The first kappa shape index (κ1) is 16.5. The maximum atomic E-state index is 12.7. The van der Waals surface area contributed by atoms with Gasteiger partial charge in [0.05, 0.1) is 5.69 Å². The van der Waals surface area contributed by atoms with Crippen molar-refractivity contribution >= 4 is 17.5 Å². The molecule has 5 heteroatoms. The molecule has 0 bridgehead atoms. The number of rotatable bonds is 6. The molecule has 23 heavy (non-hydrogen) atoms. The fourth-order valence-electron chi connectivity index (χ4n) is 2.17. The van der Waals surface area contributed by atoms with Crippen LogP contribution in [0.3, 0.4) is 0 Å². The summed E-state index contributed by atoms with van der Waals surface area (Å²) in [5.41, 5.74) is 5.85. The van der Waals surface area contributed by atoms with Gasteiger partial charge in [-0.15, -0.1) is 0 Å². The van der Waals surface area contributed by atoms with Crippen molar-refractivity contribution < 1.29 is 9.59 Å². The number of amides is 2. The highest BCUT2D eigenvalue weighted by Gasteiger charge is 2.36. The first-order valence-corrected chi connectivity index (χ1v) is 7.54. The van der Waals surface area contributed by atoms with Crippen LogP contribution in [0.2, 0.25) is 0 Å². The summed E-state index contributed by atoms with van der Waals surface area (Å²) in [5, 5.41) is 2.80. The minimum Gasteiger partial charge on any atom is -0.338 e. The number of anilines is 1. The lowest BCUT2D eigenvalue weighted by Gasteiger charge is -2.30. The number of hydrogen-bond acceptors (Lipinski definition) is 3. The number of nitrogens with one attached hydrogen (secondary N) is 3. The molecule has 2 aromatic rings. The van der Waals surface area contributed by atoms with Gasteiger partial charge in [0, 0.05) is 6.42 Å². The zero-order valence-electron chi connectivity index (χ0n) is 13.3. The van der Waals surface area contributed by atoms with Crippen LogP contribution in [0.15, 0.2) is 60.7 Å². The molecule has 3 N–H and O–H groups in total. The van der Waals surface area contributed by atoms with Crippen LogP contribution in [0, 0.1) is 0 Å². The number of hydrogen-bond donors (Lipinski definition) is 3. The second-order valence-electron chi connectivity index (χ2n) is 5.34. The predicted octanol–water partition coefficient (Wildman–Crippen LogP) is 2.57. The van der Waals surface area contributed by atoms with Gasteiger partial charge in [-0.25, -0.2) is 0 Å². The highest BCUT2D eigenvalue weighted by Crippen LogP contribution is 2.21. The number of para-hydroxylation sites is 1. The highest BCUT2D eigenvalue weighted by molar-refractivity contribution is 5.92. The molecule has 0 spiro atoms. The van der Waals surface area contributed by atoms with Gasteiger partial charge in [-0.2, -0.15) is 0 Å². The third kappa shape index (κ3) is 4.10. The van der Waals surface area contributed by atoms with Gasteiger partial charge in [-0.05, 0) is 24.6 Å². The van der Waals surface area contributed by atoms with E-state index in [1.54, 1.807) is 13.8 Å². The molecule has 5 nitrogen and oxygen atoms in total. The van der Waals surface area contributed by atoms with Crippen LogP contribution in [0.4, 0.5) is 5.69 Å². The van der Waals surface area contributed by atoms with E-state index in [1.165, 1.54) is 0 Å². The summed E-state index contributed by atoms with van der Waals surface area (Å²) < 4.78 is 0. The first-order valence-electron chi connectivity index (χ1n) is 7.54. The van der Waals surface area contributed by atoms with Crippen LogP contribution < -0.4 is 16.2 Å². The number of hydrazine groups is 1. The third-order valence-corrected chi connectivity index (χ3v) is 3.61. The van der Waals surface area contributed by atoms with Crippen LogP contribution in [0.25, 0.3) is 0 Å². The minimum atomic E-state index is -1.16. The maximum absolute atomic E-state index is 12.7. The Balaban J connectivity index is 2.19. The molecule has 1 unspecified atom stereocenters. The quantitative estimate of drug-likeness (QED) is 0.718. The van der Waals surface area contributed by atoms with Crippen molar-refractivity contribution in [3.05, 3.63) is 66.2 Å². The Hall–Kier alpha value is -2.82. The Morgan fingerprint density at radius 3 is 2.09 bits per heavy atom. The number of carbonyl (C=O) groups is 2. The second-order valence-corrected chi connectivity index (χ2v) is 5.34. The van der Waals surface area contributed by atoms with E-state index in [0.29, 0.717) is 12.0 Å². The fourth-order valence-corrected chi connectivity index (χ4v) is 2.17. The van der Waals surface area contributed by atoms with Crippen molar-refractivity contribution in [1.82, 2.24) is 10.7 Å². The maximum Gasteiger partial charge on any atom is 0.268 e. The molecular weight excluding hydrogens is 290 g/mol. The van der Waals surface area contributed by atoms with Crippen molar-refractivity contribution in [2.24, 2.45) is 0 Å². The zero-order valence-corrected chi connectivity index (χ0v) is 13.3. The minimum absolute atomic E-state index is 0.189. The Bertz CT molecular complexity index is 658. The van der Waals surface area contributed by atoms with Gasteiger partial charge in [-0.1, -0.05) is 55.5 Å². The monoisotopic (exact) mass is 311 g/mol. The molecule has 2 rings (SSSR count). The standard InChI is InChI=1S/C18H21N3O2/c1-3-16(22)19-18(2,14-10-6-4-7-11-14)17(23)21-20-15-12-8-5-9-13-15/h4-13,20H,3H2,1-2H3,(H,19,22)(H,21,23). The average molecular weight is 311 g/mol. The highest BCUT2D eigenvalue weighted by atomic mass is 16.2. The molecule has 0 fully saturated rings. The topological polar surface area (TPSA) is 70.2 Å². The largest absolute Gasteiger partial charge is 0.338 e. The molecule has 0 saturated carbocycles. The molecule has 2 amide bonds. The lowest BCUT2D eigenvalue weighted by atomic mass is 9.91. The van der Waals surface area contributed by atoms with Crippen LogP contribution >= 0.6 is 0 Å². The Morgan fingerprint density at radius 2 is 1.52 bits per heavy atom. The molecular formula is C18H21N3O2. The molecule has 0 aliphatic rings. The van der Waals surface area contributed by atoms with E-state index in [-0.39, 0.29) is 11.8 Å². The molecule has 0 heterocycles. The van der Waals surface area contributed by atoms with E-state index in [1.807, 2.05) is 60.7 Å². The van der Waals surface area contributed by atoms with Gasteiger partial charge >= 0.3 is 0 Å². The van der Waals surface area contributed by atoms with E-state index in [9.17, 15) is 9.59 Å². The van der Waals surface area contributed by atoms with Crippen LogP contribution in [0.5, 0.6) is 0 Å². The fraction of sp³-hybridized carbons (Fsp3) is 0.222. The summed E-state index contributed by atoms with van der Waals surface area (Å²) in [6.07, 6.45) is 0.307. The third-order valence-electron chi connectivity index (χ3n) is 3.61. The average Bonchev–Trinajstić information content (AvgIpc) is 2.61. The van der Waals surface area contributed by atoms with E-state index in [2.05, 4.69) is 16.2 Å². The van der Waals surface area contributed by atoms with Crippen molar-refractivity contribution in [2.45, 2.75) is 25.8 Å². The summed E-state index contributed by atoms with van der Waals surface area (Å²) in [6.45, 7) is 3.44. The molecule has 0 saturated heterocycles. The summed E-state index contributed by atoms with van der Waals surface area (Å²) in [5.74, 6) is -0.527. The first-order chi connectivity index (χ1) is 11.1. The Morgan fingerprint density at radius 1 is 0.957 bits per heavy atom. The molecule has 0 radical (unpaired) electrons. The van der Waals surface area contributed by atoms with E-state index >= 15 is 0 Å². The number of carbonyl (C=O) groups excluding carboxylic acids is 2. The van der Waals surface area contributed by atoms with Gasteiger partial charge in [0.2, 0.25) is 5.91 Å². The van der Waals surface area contributed by atoms with Crippen molar-refractivity contribution in [1.29, 1.82) is 0 Å². The Kier molecular flexibility index (Phi) is 5.36. The van der Waals surface area contributed by atoms with Crippen molar-refractivity contribution in [3.8, 4) is 0 Å². The summed E-state index contributed by atoms with van der Waals surface area (Å²) in [4.78, 5) is 24.6. The SMILES string of the molecule is CCC(=O)NC(C)(C(=O)NNc1ccccc1)c1ccccc1. The van der Waals surface area contributed by atoms with Crippen LogP contribution in [0.1, 0.15) is 25.8 Å². The number of benzene rings is 2. The second kappa shape index (κ2) is 7.45. The summed E-state index contributed by atoms with van der Waals surface area (Å²) >= 11 is 0. The lowest BCUT2D eigenvalue weighted by Crippen LogP contribution is -2.55. The smallest absolute Gasteiger partial charge is 0.268 e. The van der Waals surface area contributed by atoms with Gasteiger partial charge in [0.25, 0.3) is 5.91 Å². The molecule has 0 aromatic heterocycles. The van der Waals surface area contributed by atoms with Gasteiger partial charge in [-0.3, -0.25) is 20.4 Å². The van der Waals surface area contributed by atoms with E-state index in [4.69, 9.17) is 0 Å². The van der Waals surface area contributed by atoms with Gasteiger partial charge < -0.3 is 5.32 Å². The van der Waals surface area contributed by atoms with E-state index in [0.717, 1.165) is 5.69 Å². The van der Waals surface area contributed by atoms with E-state index < -0.39 is 5.54 Å². The zero-order chi connectivity index (χ0) is 16.7. The molecule has 2 aromatic carbocycles. The molecule has 1 atom stereocenters. The Labute approximate surface area is 136 Å².